The molecular formula is C17H24ClNO. The number of aliphatic hydroxyl groups is 1. The van der Waals surface area contributed by atoms with Crippen molar-refractivity contribution in [2.45, 2.75) is 19.4 Å². The normalized spacial score (nSPS) is 16.9. The minimum absolute atomic E-state index is 0.0542. The summed E-state index contributed by atoms with van der Waals surface area (Å²) >= 11 is 5.88. The Labute approximate surface area is 127 Å². The van der Waals surface area contributed by atoms with E-state index in [1.807, 2.05) is 58.3 Å². The molecule has 0 saturated heterocycles. The van der Waals surface area contributed by atoms with E-state index in [0.717, 1.165) is 17.7 Å². The van der Waals surface area contributed by atoms with Gasteiger partial charge in [-0.25, -0.2) is 0 Å². The van der Waals surface area contributed by atoms with E-state index in [4.69, 9.17) is 11.6 Å². The van der Waals surface area contributed by atoms with Crippen molar-refractivity contribution in [3.05, 3.63) is 53.1 Å². The van der Waals surface area contributed by atoms with Gasteiger partial charge in [0.25, 0.3) is 0 Å². The first-order valence-corrected chi connectivity index (χ1v) is 7.12. The van der Waals surface area contributed by atoms with Gasteiger partial charge in [-0.15, -0.1) is 0 Å². The maximum absolute atomic E-state index is 10.9. The smallest absolute Gasteiger partial charge is 0.107 e. The summed E-state index contributed by atoms with van der Waals surface area (Å²) in [6.07, 6.45) is 3.60. The number of rotatable bonds is 6. The van der Waals surface area contributed by atoms with Gasteiger partial charge in [0.05, 0.1) is 0 Å². The van der Waals surface area contributed by atoms with Crippen LogP contribution in [0.15, 0.2) is 42.5 Å². The van der Waals surface area contributed by atoms with Gasteiger partial charge in [-0.2, -0.15) is 0 Å². The molecule has 1 aromatic rings. The lowest BCUT2D eigenvalue weighted by Gasteiger charge is -2.34. The van der Waals surface area contributed by atoms with Gasteiger partial charge in [0, 0.05) is 17.5 Å². The van der Waals surface area contributed by atoms with Gasteiger partial charge in [0.15, 0.2) is 0 Å². The molecule has 2 nitrogen and oxygen atoms in total. The molecule has 2 unspecified atom stereocenters. The highest BCUT2D eigenvalue weighted by Gasteiger charge is 2.32. The quantitative estimate of drug-likeness (QED) is 0.805. The fourth-order valence-corrected chi connectivity index (χ4v) is 2.49. The van der Waals surface area contributed by atoms with Crippen LogP contribution in [0.25, 0.3) is 6.08 Å². The predicted octanol–water partition coefficient (Wildman–Crippen LogP) is 3.86. The van der Waals surface area contributed by atoms with Gasteiger partial charge in [-0.3, -0.25) is 0 Å². The van der Waals surface area contributed by atoms with Crippen molar-refractivity contribution in [3.8, 4) is 0 Å². The summed E-state index contributed by atoms with van der Waals surface area (Å²) in [5, 5.41) is 11.6. The summed E-state index contributed by atoms with van der Waals surface area (Å²) in [6, 6.07) is 7.56. The lowest BCUT2D eigenvalue weighted by atomic mass is 9.81. The van der Waals surface area contributed by atoms with E-state index in [2.05, 4.69) is 11.5 Å². The highest BCUT2D eigenvalue weighted by molar-refractivity contribution is 6.30. The first kappa shape index (κ1) is 17.0. The van der Waals surface area contributed by atoms with Gasteiger partial charge >= 0.3 is 0 Å². The summed E-state index contributed by atoms with van der Waals surface area (Å²) in [6.45, 7) is 8.56. The Balaban J connectivity index is 3.03. The zero-order chi connectivity index (χ0) is 15.3. The summed E-state index contributed by atoms with van der Waals surface area (Å²) in [7, 11) is 4.00. The standard InChI is InChI=1S/C17H24ClNO/c1-6-17(20,14(3)12-19(4)5)13(2)11-15-7-9-16(18)10-8-15/h6-11,14,20H,1,12H2,2-5H3. The molecule has 0 aliphatic rings. The molecule has 1 rings (SSSR count). The Morgan fingerprint density at radius 1 is 1.40 bits per heavy atom. The van der Waals surface area contributed by atoms with Crippen molar-refractivity contribution in [1.82, 2.24) is 4.90 Å². The third kappa shape index (κ3) is 4.20. The molecule has 0 spiro atoms. The van der Waals surface area contributed by atoms with Crippen molar-refractivity contribution in [2.24, 2.45) is 5.92 Å². The van der Waals surface area contributed by atoms with E-state index in [9.17, 15) is 5.11 Å². The minimum Gasteiger partial charge on any atom is -0.381 e. The van der Waals surface area contributed by atoms with Gasteiger partial charge in [0.1, 0.15) is 5.60 Å². The highest BCUT2D eigenvalue weighted by atomic mass is 35.5. The average Bonchev–Trinajstić information content (AvgIpc) is 2.39. The molecule has 1 N–H and O–H groups in total. The van der Waals surface area contributed by atoms with E-state index in [1.54, 1.807) is 6.08 Å². The maximum Gasteiger partial charge on any atom is 0.107 e. The molecule has 0 amide bonds. The maximum atomic E-state index is 10.9. The van der Waals surface area contributed by atoms with Crippen molar-refractivity contribution >= 4 is 17.7 Å². The van der Waals surface area contributed by atoms with Crippen molar-refractivity contribution in [2.75, 3.05) is 20.6 Å². The van der Waals surface area contributed by atoms with Crippen molar-refractivity contribution in [1.29, 1.82) is 0 Å². The zero-order valence-corrected chi connectivity index (χ0v) is 13.5. The number of halogens is 1. The molecule has 0 saturated carbocycles. The largest absolute Gasteiger partial charge is 0.381 e. The lowest BCUT2D eigenvalue weighted by molar-refractivity contribution is 0.0596. The number of nitrogens with zero attached hydrogens (tertiary/aromatic N) is 1. The van der Waals surface area contributed by atoms with Crippen LogP contribution in [0.1, 0.15) is 19.4 Å². The second-order valence-electron chi connectivity index (χ2n) is 5.57. The SMILES string of the molecule is C=CC(O)(C(C)=Cc1ccc(Cl)cc1)C(C)CN(C)C. The van der Waals surface area contributed by atoms with E-state index in [0.29, 0.717) is 5.02 Å². The van der Waals surface area contributed by atoms with E-state index in [-0.39, 0.29) is 5.92 Å². The summed E-state index contributed by atoms with van der Waals surface area (Å²) in [4.78, 5) is 2.06. The first-order valence-electron chi connectivity index (χ1n) is 6.74. The fourth-order valence-electron chi connectivity index (χ4n) is 2.36. The Kier molecular flexibility index (Phi) is 6.00. The Hall–Kier alpha value is -1.09. The molecular weight excluding hydrogens is 270 g/mol. The van der Waals surface area contributed by atoms with E-state index >= 15 is 0 Å². The minimum atomic E-state index is -1.01. The second-order valence-corrected chi connectivity index (χ2v) is 6.01. The van der Waals surface area contributed by atoms with Crippen LogP contribution in [0, 0.1) is 5.92 Å². The number of hydrogen-bond donors (Lipinski definition) is 1. The molecule has 20 heavy (non-hydrogen) atoms. The predicted molar refractivity (Wildman–Crippen MR) is 88.0 cm³/mol. The van der Waals surface area contributed by atoms with Crippen LogP contribution in [0.5, 0.6) is 0 Å². The van der Waals surface area contributed by atoms with Crippen LogP contribution in [0.2, 0.25) is 5.02 Å². The molecule has 2 atom stereocenters. The summed E-state index contributed by atoms with van der Waals surface area (Å²) in [5.41, 5.74) is 0.887. The Bertz CT molecular complexity index is 478. The van der Waals surface area contributed by atoms with Crippen LogP contribution in [-0.2, 0) is 0 Å². The van der Waals surface area contributed by atoms with Crippen LogP contribution < -0.4 is 0 Å². The molecule has 0 heterocycles. The Morgan fingerprint density at radius 2 is 1.95 bits per heavy atom. The molecule has 0 fully saturated rings. The lowest BCUT2D eigenvalue weighted by Crippen LogP contribution is -2.40. The Morgan fingerprint density at radius 3 is 2.40 bits per heavy atom. The molecule has 110 valence electrons. The molecule has 0 radical (unpaired) electrons. The van der Waals surface area contributed by atoms with Gasteiger partial charge in [-0.05, 0) is 44.3 Å². The molecule has 0 aliphatic heterocycles. The molecule has 0 aliphatic carbocycles. The average molecular weight is 294 g/mol. The summed E-state index contributed by atoms with van der Waals surface area (Å²) < 4.78 is 0. The topological polar surface area (TPSA) is 23.5 Å². The summed E-state index contributed by atoms with van der Waals surface area (Å²) in [5.74, 6) is 0.0542. The van der Waals surface area contributed by atoms with Crippen molar-refractivity contribution < 1.29 is 5.11 Å². The zero-order valence-electron chi connectivity index (χ0n) is 12.7. The van der Waals surface area contributed by atoms with Crippen LogP contribution in [-0.4, -0.2) is 36.2 Å². The van der Waals surface area contributed by atoms with E-state index < -0.39 is 5.60 Å². The van der Waals surface area contributed by atoms with Crippen molar-refractivity contribution in [3.63, 3.8) is 0 Å². The van der Waals surface area contributed by atoms with Gasteiger partial charge < -0.3 is 10.0 Å². The highest BCUT2D eigenvalue weighted by Crippen LogP contribution is 2.29. The third-order valence-electron chi connectivity index (χ3n) is 3.59. The van der Waals surface area contributed by atoms with Gasteiger partial charge in [-0.1, -0.05) is 49.4 Å². The number of benzene rings is 1. The monoisotopic (exact) mass is 293 g/mol. The van der Waals surface area contributed by atoms with Crippen LogP contribution >= 0.6 is 11.6 Å². The molecule has 0 aromatic heterocycles. The van der Waals surface area contributed by atoms with E-state index in [1.165, 1.54) is 0 Å². The molecule has 1 aromatic carbocycles. The third-order valence-corrected chi connectivity index (χ3v) is 3.84. The van der Waals surface area contributed by atoms with Crippen LogP contribution in [0.3, 0.4) is 0 Å². The fraction of sp³-hybridized carbons (Fsp3) is 0.412. The second kappa shape index (κ2) is 7.07. The number of hydrogen-bond acceptors (Lipinski definition) is 2. The van der Waals surface area contributed by atoms with Crippen LogP contribution in [0.4, 0.5) is 0 Å². The van der Waals surface area contributed by atoms with Gasteiger partial charge in [0.2, 0.25) is 0 Å². The molecule has 0 bridgehead atoms. The molecule has 3 heteroatoms. The first-order chi connectivity index (χ1) is 9.29.